The van der Waals surface area contributed by atoms with Gasteiger partial charge in [0.05, 0.1) is 17.3 Å². The van der Waals surface area contributed by atoms with E-state index in [4.69, 9.17) is 5.73 Å². The molecule has 1 aromatic rings. The lowest BCUT2D eigenvalue weighted by atomic mass is 9.57. The molecule has 1 saturated carbocycles. The number of amides is 1. The summed E-state index contributed by atoms with van der Waals surface area (Å²) in [5.74, 6) is -8.31. The summed E-state index contributed by atoms with van der Waals surface area (Å²) in [6.07, 6.45) is -0.213. The summed E-state index contributed by atoms with van der Waals surface area (Å²) in [5.41, 5.74) is 4.13. The second-order valence-corrected chi connectivity index (χ2v) is 8.67. The van der Waals surface area contributed by atoms with Crippen molar-refractivity contribution in [2.24, 2.45) is 11.8 Å². The van der Waals surface area contributed by atoms with Gasteiger partial charge in [0.1, 0.15) is 17.3 Å². The average Bonchev–Trinajstić information content (AvgIpc) is 2.68. The number of hydrogen-bond acceptors (Lipinski definition) is 9. The molecule has 4 rings (SSSR count). The third-order valence-electron chi connectivity index (χ3n) is 6.73. The van der Waals surface area contributed by atoms with E-state index in [-0.39, 0.29) is 35.2 Å². The smallest absolute Gasteiger partial charge is 0.348 e. The minimum atomic E-state index is -2.70. The fourth-order valence-electron chi connectivity index (χ4n) is 5.32. The average molecular weight is 448 g/mol. The Morgan fingerprint density at radius 2 is 1.91 bits per heavy atom. The maximum atomic E-state index is 14.6. The molecule has 0 aromatic heterocycles. The van der Waals surface area contributed by atoms with Crippen molar-refractivity contribution < 1.29 is 44.9 Å². The molecular weight excluding hydrogens is 425 g/mol. The molecule has 11 heteroatoms. The van der Waals surface area contributed by atoms with Crippen molar-refractivity contribution >= 4 is 28.9 Å². The van der Waals surface area contributed by atoms with Crippen LogP contribution in [0.2, 0.25) is 0 Å². The first-order valence-corrected chi connectivity index (χ1v) is 9.85. The van der Waals surface area contributed by atoms with Gasteiger partial charge in [-0.1, -0.05) is 0 Å². The number of Topliss-reactive ketones (excluding diaryl/α,β-unsaturated/α-hetero) is 2. The van der Waals surface area contributed by atoms with Crippen LogP contribution in [0.25, 0.3) is 5.76 Å². The number of phenolic OH excluding ortho intramolecular Hbond substituents is 1. The van der Waals surface area contributed by atoms with Gasteiger partial charge >= 0.3 is 5.91 Å². The molecule has 0 heterocycles. The number of anilines is 1. The molecule has 0 radical (unpaired) electrons. The SMILES string of the molecule is CN(C)C1C(=O)C(C([NH3+])=O)=C(O)C2(O)C(=O)C3=C(O)c4c(O)c(N)cc(F)c4CC3CC12. The minimum absolute atomic E-state index is 0.0573. The largest absolute Gasteiger partial charge is 0.508 e. The van der Waals surface area contributed by atoms with Gasteiger partial charge in [-0.25, -0.2) is 9.18 Å². The number of hydrogen-bond donors (Lipinski definition) is 6. The van der Waals surface area contributed by atoms with E-state index < -0.39 is 69.6 Å². The van der Waals surface area contributed by atoms with Crippen LogP contribution in [0.3, 0.4) is 0 Å². The molecule has 3 aliphatic carbocycles. The van der Waals surface area contributed by atoms with E-state index in [2.05, 4.69) is 5.73 Å². The van der Waals surface area contributed by atoms with Crippen LogP contribution in [-0.2, 0) is 20.8 Å². The lowest BCUT2D eigenvalue weighted by Gasteiger charge is -2.50. The number of aliphatic hydroxyl groups excluding tert-OH is 2. The predicted octanol–water partition coefficient (Wildman–Crippen LogP) is -1.03. The van der Waals surface area contributed by atoms with Gasteiger partial charge in [0, 0.05) is 23.1 Å². The van der Waals surface area contributed by atoms with Gasteiger partial charge < -0.3 is 26.2 Å². The van der Waals surface area contributed by atoms with Crippen LogP contribution in [0.5, 0.6) is 5.75 Å². The molecule has 4 atom stereocenters. The van der Waals surface area contributed by atoms with Crippen molar-refractivity contribution in [1.29, 1.82) is 0 Å². The Morgan fingerprint density at radius 3 is 2.47 bits per heavy atom. The van der Waals surface area contributed by atoms with Gasteiger partial charge in [0.25, 0.3) is 0 Å². The standard InChI is InChI=1S/C21H22FN3O7/c1-25(2)14-8-4-6-3-7-9(22)5-10(23)15(26)12(7)16(27)11(6)18(29)21(8,32)19(30)13(17(14)28)20(24)31/h5-6,8,14,26-27,30,32H,3-4,23H2,1-2H3,(H2,24,31)/p+1. The summed E-state index contributed by atoms with van der Waals surface area (Å²) >= 11 is 0. The van der Waals surface area contributed by atoms with E-state index in [0.29, 0.717) is 0 Å². The Morgan fingerprint density at radius 1 is 1.28 bits per heavy atom. The number of aliphatic hydroxyl groups is 3. The summed E-state index contributed by atoms with van der Waals surface area (Å²) in [6, 6.07) is -0.253. The topological polar surface area (TPSA) is 189 Å². The molecule has 0 spiro atoms. The Kier molecular flexibility index (Phi) is 4.70. The highest BCUT2D eigenvalue weighted by Gasteiger charge is 2.64. The highest BCUT2D eigenvalue weighted by Crippen LogP contribution is 2.53. The lowest BCUT2D eigenvalue weighted by molar-refractivity contribution is -0.299. The van der Waals surface area contributed by atoms with E-state index in [1.54, 1.807) is 0 Å². The summed E-state index contributed by atoms with van der Waals surface area (Å²) in [4.78, 5) is 39.9. The lowest BCUT2D eigenvalue weighted by Crippen LogP contribution is -2.68. The van der Waals surface area contributed by atoms with Crippen LogP contribution < -0.4 is 11.5 Å². The Bertz CT molecular complexity index is 1170. The van der Waals surface area contributed by atoms with E-state index in [0.717, 1.165) is 6.07 Å². The third-order valence-corrected chi connectivity index (χ3v) is 6.73. The van der Waals surface area contributed by atoms with Gasteiger partial charge in [0.2, 0.25) is 5.78 Å². The van der Waals surface area contributed by atoms with Crippen molar-refractivity contribution in [3.63, 3.8) is 0 Å². The Labute approximate surface area is 181 Å². The molecule has 10 nitrogen and oxygen atoms in total. The van der Waals surface area contributed by atoms with Gasteiger partial charge in [-0.05, 0) is 32.9 Å². The second-order valence-electron chi connectivity index (χ2n) is 8.67. The van der Waals surface area contributed by atoms with Gasteiger partial charge in [-0.15, -0.1) is 0 Å². The second kappa shape index (κ2) is 6.86. The number of carbonyl (C=O) groups excluding carboxylic acids is 3. The Balaban J connectivity index is 2.00. The van der Waals surface area contributed by atoms with Crippen LogP contribution in [-0.4, -0.2) is 68.5 Å². The van der Waals surface area contributed by atoms with Crippen LogP contribution in [0, 0.1) is 17.7 Å². The number of fused-ring (bicyclic) bond motifs is 3. The number of phenols is 1. The number of aromatic hydroxyl groups is 1. The first-order valence-electron chi connectivity index (χ1n) is 9.85. The number of ketones is 2. The molecule has 3 aliphatic rings. The first-order chi connectivity index (χ1) is 14.8. The van der Waals surface area contributed by atoms with Crippen LogP contribution in [0.4, 0.5) is 10.1 Å². The third kappa shape index (κ3) is 2.58. The van der Waals surface area contributed by atoms with Crippen molar-refractivity contribution in [2.45, 2.75) is 24.5 Å². The maximum Gasteiger partial charge on any atom is 0.348 e. The number of halogens is 1. The highest BCUT2D eigenvalue weighted by atomic mass is 19.1. The summed E-state index contributed by atoms with van der Waals surface area (Å²) in [5, 5.41) is 43.3. The highest BCUT2D eigenvalue weighted by molar-refractivity contribution is 6.22. The minimum Gasteiger partial charge on any atom is -0.508 e. The number of nitrogens with zero attached hydrogens (tertiary/aromatic N) is 1. The number of rotatable bonds is 2. The molecule has 1 amide bonds. The van der Waals surface area contributed by atoms with Crippen LogP contribution in [0.1, 0.15) is 17.5 Å². The van der Waals surface area contributed by atoms with Crippen molar-refractivity contribution in [1.82, 2.24) is 4.90 Å². The van der Waals surface area contributed by atoms with Crippen LogP contribution >= 0.6 is 0 Å². The quantitative estimate of drug-likeness (QED) is 0.187. The fraction of sp³-hybridized carbons (Fsp3) is 0.381. The zero-order valence-corrected chi connectivity index (χ0v) is 17.3. The number of nitrogens with two attached hydrogens (primary N) is 1. The number of nitrogen functional groups attached to an aromatic ring is 1. The number of quaternary nitrogens is 1. The molecule has 0 bridgehead atoms. The Hall–Kier alpha value is -3.28. The first kappa shape index (κ1) is 21.9. The molecular formula is C21H23FN3O7+. The van der Waals surface area contributed by atoms with E-state index in [1.807, 2.05) is 0 Å². The molecule has 32 heavy (non-hydrogen) atoms. The number of likely N-dealkylation sites (N-methyl/N-ethyl adjacent to an activating group) is 1. The fourth-order valence-corrected chi connectivity index (χ4v) is 5.32. The van der Waals surface area contributed by atoms with Gasteiger partial charge in [-0.3, -0.25) is 20.2 Å². The molecule has 170 valence electrons. The van der Waals surface area contributed by atoms with Crippen molar-refractivity contribution in [3.8, 4) is 5.75 Å². The summed E-state index contributed by atoms with van der Waals surface area (Å²) < 4.78 is 14.6. The zero-order valence-electron chi connectivity index (χ0n) is 17.3. The molecule has 1 fully saturated rings. The monoisotopic (exact) mass is 448 g/mol. The van der Waals surface area contributed by atoms with E-state index in [9.17, 15) is 39.2 Å². The molecule has 4 unspecified atom stereocenters. The molecule has 0 aliphatic heterocycles. The normalized spacial score (nSPS) is 29.8. The van der Waals surface area contributed by atoms with Crippen molar-refractivity contribution in [2.75, 3.05) is 19.8 Å². The number of benzene rings is 1. The number of carbonyl (C=O) groups is 3. The van der Waals surface area contributed by atoms with E-state index >= 15 is 0 Å². The maximum absolute atomic E-state index is 14.6. The summed E-state index contributed by atoms with van der Waals surface area (Å²) in [6.45, 7) is 0. The molecule has 1 aromatic carbocycles. The van der Waals surface area contributed by atoms with E-state index in [1.165, 1.54) is 19.0 Å². The molecule has 9 N–H and O–H groups in total. The van der Waals surface area contributed by atoms with Crippen molar-refractivity contribution in [3.05, 3.63) is 39.9 Å². The van der Waals surface area contributed by atoms with Gasteiger partial charge in [-0.2, -0.15) is 0 Å². The van der Waals surface area contributed by atoms with Gasteiger partial charge in [0.15, 0.2) is 22.7 Å². The zero-order chi connectivity index (χ0) is 23.9. The molecule has 0 saturated heterocycles. The predicted molar refractivity (Wildman–Crippen MR) is 107 cm³/mol. The summed E-state index contributed by atoms with van der Waals surface area (Å²) in [7, 11) is 3.03. The van der Waals surface area contributed by atoms with Crippen LogP contribution in [0.15, 0.2) is 23.0 Å².